The van der Waals surface area contributed by atoms with Gasteiger partial charge in [-0.3, -0.25) is 9.48 Å². The highest BCUT2D eigenvalue weighted by Crippen LogP contribution is 2.12. The third kappa shape index (κ3) is 3.55. The number of carbonyl (C=O) groups is 1. The van der Waals surface area contributed by atoms with Crippen LogP contribution in [-0.2, 0) is 13.6 Å². The Morgan fingerprint density at radius 2 is 2.10 bits per heavy atom. The van der Waals surface area contributed by atoms with Gasteiger partial charge in [0.25, 0.3) is 5.91 Å². The average molecular weight is 289 g/mol. The molecule has 20 heavy (non-hydrogen) atoms. The first-order chi connectivity index (χ1) is 9.56. The van der Waals surface area contributed by atoms with Crippen molar-refractivity contribution in [3.63, 3.8) is 0 Å². The Morgan fingerprint density at radius 1 is 1.40 bits per heavy atom. The fourth-order valence-corrected chi connectivity index (χ4v) is 1.89. The van der Waals surface area contributed by atoms with Gasteiger partial charge in [-0.15, -0.1) is 0 Å². The number of carbonyl (C=O) groups excluding carboxylic acids is 1. The molecule has 0 spiro atoms. The Labute approximate surface area is 122 Å². The number of hydrogen-bond acceptors (Lipinski definition) is 3. The Balaban J connectivity index is 1.96. The lowest BCUT2D eigenvalue weighted by atomic mass is 10.2. The summed E-state index contributed by atoms with van der Waals surface area (Å²) in [5.41, 5.74) is 7.01. The third-order valence-electron chi connectivity index (χ3n) is 2.61. The normalized spacial score (nSPS) is 10.1. The van der Waals surface area contributed by atoms with Crippen LogP contribution < -0.4 is 16.4 Å². The van der Waals surface area contributed by atoms with E-state index in [0.29, 0.717) is 17.3 Å². The molecule has 0 saturated heterocycles. The SMILES string of the molecule is Cn1cc(NC(=S)NCc2ccccc2)c(C(N)=O)n1. The van der Waals surface area contributed by atoms with Crippen molar-refractivity contribution in [1.29, 1.82) is 0 Å². The summed E-state index contributed by atoms with van der Waals surface area (Å²) in [7, 11) is 1.71. The molecule has 0 fully saturated rings. The zero-order valence-corrected chi connectivity index (χ0v) is 11.8. The van der Waals surface area contributed by atoms with Crippen LogP contribution in [0, 0.1) is 0 Å². The molecular formula is C13H15N5OS. The second-order valence-corrected chi connectivity index (χ2v) is 4.63. The Bertz CT molecular complexity index is 623. The summed E-state index contributed by atoms with van der Waals surface area (Å²) in [5.74, 6) is -0.598. The molecule has 7 heteroatoms. The molecule has 1 heterocycles. The van der Waals surface area contributed by atoms with E-state index in [2.05, 4.69) is 15.7 Å². The van der Waals surface area contributed by atoms with Crippen molar-refractivity contribution >= 4 is 28.9 Å². The molecule has 0 radical (unpaired) electrons. The van der Waals surface area contributed by atoms with E-state index in [1.807, 2.05) is 30.3 Å². The first-order valence-corrected chi connectivity index (χ1v) is 6.39. The van der Waals surface area contributed by atoms with Crippen molar-refractivity contribution in [2.24, 2.45) is 12.8 Å². The molecule has 0 atom stereocenters. The maximum Gasteiger partial charge on any atom is 0.271 e. The number of benzene rings is 1. The van der Waals surface area contributed by atoms with Crippen molar-refractivity contribution in [2.75, 3.05) is 5.32 Å². The van der Waals surface area contributed by atoms with Gasteiger partial charge in [0.1, 0.15) is 0 Å². The lowest BCUT2D eigenvalue weighted by Crippen LogP contribution is -2.28. The molecule has 0 bridgehead atoms. The first kappa shape index (κ1) is 14.0. The summed E-state index contributed by atoms with van der Waals surface area (Å²) in [5, 5.41) is 10.4. The van der Waals surface area contributed by atoms with Crippen LogP contribution in [0.2, 0.25) is 0 Å². The van der Waals surface area contributed by atoms with Gasteiger partial charge in [-0.1, -0.05) is 30.3 Å². The Kier molecular flexibility index (Phi) is 4.31. The van der Waals surface area contributed by atoms with Crippen LogP contribution in [0.1, 0.15) is 16.1 Å². The van der Waals surface area contributed by atoms with Crippen molar-refractivity contribution in [2.45, 2.75) is 6.54 Å². The predicted molar refractivity (Wildman–Crippen MR) is 81.2 cm³/mol. The Hall–Kier alpha value is -2.41. The van der Waals surface area contributed by atoms with Crippen molar-refractivity contribution in [3.8, 4) is 0 Å². The lowest BCUT2D eigenvalue weighted by Gasteiger charge is -2.09. The van der Waals surface area contributed by atoms with Gasteiger partial charge < -0.3 is 16.4 Å². The molecule has 0 saturated carbocycles. The minimum absolute atomic E-state index is 0.163. The molecule has 0 unspecified atom stereocenters. The van der Waals surface area contributed by atoms with E-state index in [4.69, 9.17) is 18.0 Å². The minimum Gasteiger partial charge on any atom is -0.364 e. The van der Waals surface area contributed by atoms with Crippen LogP contribution in [0.15, 0.2) is 36.5 Å². The van der Waals surface area contributed by atoms with E-state index in [9.17, 15) is 4.79 Å². The summed E-state index contributed by atoms with van der Waals surface area (Å²) in [6.45, 7) is 0.596. The molecule has 1 aromatic carbocycles. The molecule has 6 nitrogen and oxygen atoms in total. The maximum atomic E-state index is 11.2. The maximum absolute atomic E-state index is 11.2. The highest BCUT2D eigenvalue weighted by Gasteiger charge is 2.13. The number of hydrogen-bond donors (Lipinski definition) is 3. The zero-order valence-electron chi connectivity index (χ0n) is 11.0. The van der Waals surface area contributed by atoms with Gasteiger partial charge in [-0.05, 0) is 17.8 Å². The standard InChI is InChI=1S/C13H15N5OS/c1-18-8-10(11(17-18)12(14)19)16-13(20)15-7-9-5-3-2-4-6-9/h2-6,8H,7H2,1H3,(H2,14,19)(H2,15,16,20). The number of primary amides is 1. The van der Waals surface area contributed by atoms with Gasteiger partial charge >= 0.3 is 0 Å². The number of nitrogens with zero attached hydrogens (tertiary/aromatic N) is 2. The number of aryl methyl sites for hydroxylation is 1. The van der Waals surface area contributed by atoms with E-state index in [0.717, 1.165) is 5.56 Å². The van der Waals surface area contributed by atoms with Gasteiger partial charge in [0.15, 0.2) is 10.8 Å². The minimum atomic E-state index is -0.598. The van der Waals surface area contributed by atoms with Gasteiger partial charge in [-0.25, -0.2) is 0 Å². The molecule has 0 aliphatic carbocycles. The molecule has 1 amide bonds. The summed E-state index contributed by atoms with van der Waals surface area (Å²) in [4.78, 5) is 11.2. The van der Waals surface area contributed by atoms with E-state index >= 15 is 0 Å². The number of thiocarbonyl (C=S) groups is 1. The van der Waals surface area contributed by atoms with Crippen LogP contribution in [0.3, 0.4) is 0 Å². The van der Waals surface area contributed by atoms with Crippen LogP contribution in [0.4, 0.5) is 5.69 Å². The van der Waals surface area contributed by atoms with Gasteiger partial charge in [0.2, 0.25) is 0 Å². The van der Waals surface area contributed by atoms with Crippen LogP contribution >= 0.6 is 12.2 Å². The van der Waals surface area contributed by atoms with E-state index in [-0.39, 0.29) is 5.69 Å². The van der Waals surface area contributed by atoms with Crippen molar-refractivity contribution in [3.05, 3.63) is 47.8 Å². The molecule has 4 N–H and O–H groups in total. The molecule has 104 valence electrons. The number of nitrogens with one attached hydrogen (secondary N) is 2. The number of amides is 1. The summed E-state index contributed by atoms with van der Waals surface area (Å²) in [6.07, 6.45) is 1.65. The van der Waals surface area contributed by atoms with E-state index in [1.165, 1.54) is 4.68 Å². The summed E-state index contributed by atoms with van der Waals surface area (Å²) >= 11 is 5.18. The van der Waals surface area contributed by atoms with Crippen molar-refractivity contribution < 1.29 is 4.79 Å². The quantitative estimate of drug-likeness (QED) is 0.731. The fourth-order valence-electron chi connectivity index (χ4n) is 1.71. The lowest BCUT2D eigenvalue weighted by molar-refractivity contribution is 0.0995. The van der Waals surface area contributed by atoms with Crippen LogP contribution in [-0.4, -0.2) is 20.8 Å². The highest BCUT2D eigenvalue weighted by molar-refractivity contribution is 7.80. The smallest absolute Gasteiger partial charge is 0.271 e. The molecular weight excluding hydrogens is 274 g/mol. The summed E-state index contributed by atoms with van der Waals surface area (Å²) < 4.78 is 1.50. The van der Waals surface area contributed by atoms with Gasteiger partial charge in [0.05, 0.1) is 5.69 Å². The fraction of sp³-hybridized carbons (Fsp3) is 0.154. The van der Waals surface area contributed by atoms with Gasteiger partial charge in [-0.2, -0.15) is 5.10 Å². The molecule has 0 aliphatic heterocycles. The van der Waals surface area contributed by atoms with Gasteiger partial charge in [0, 0.05) is 19.8 Å². The largest absolute Gasteiger partial charge is 0.364 e. The topological polar surface area (TPSA) is 85.0 Å². The third-order valence-corrected chi connectivity index (χ3v) is 2.85. The van der Waals surface area contributed by atoms with Crippen LogP contribution in [0.25, 0.3) is 0 Å². The zero-order chi connectivity index (χ0) is 14.5. The molecule has 2 rings (SSSR count). The highest BCUT2D eigenvalue weighted by atomic mass is 32.1. The number of nitrogens with two attached hydrogens (primary N) is 1. The predicted octanol–water partition coefficient (Wildman–Crippen LogP) is 1.01. The summed E-state index contributed by atoms with van der Waals surface area (Å²) in [6, 6.07) is 9.86. The first-order valence-electron chi connectivity index (χ1n) is 5.98. The molecule has 0 aliphatic rings. The van der Waals surface area contributed by atoms with Crippen molar-refractivity contribution in [1.82, 2.24) is 15.1 Å². The number of rotatable bonds is 4. The van der Waals surface area contributed by atoms with E-state index in [1.54, 1.807) is 13.2 Å². The second-order valence-electron chi connectivity index (χ2n) is 4.22. The molecule has 2 aromatic rings. The number of aromatic nitrogens is 2. The average Bonchev–Trinajstić information content (AvgIpc) is 2.79. The van der Waals surface area contributed by atoms with Crippen LogP contribution in [0.5, 0.6) is 0 Å². The second kappa shape index (κ2) is 6.16. The monoisotopic (exact) mass is 289 g/mol. The van der Waals surface area contributed by atoms with E-state index < -0.39 is 5.91 Å². The molecule has 1 aromatic heterocycles. The Morgan fingerprint density at radius 3 is 2.75 bits per heavy atom. The number of anilines is 1.